The number of fused-ring (bicyclic) bond motifs is 1. The summed E-state index contributed by atoms with van der Waals surface area (Å²) in [5.41, 5.74) is 4.98. The van der Waals surface area contributed by atoms with Crippen LogP contribution in [0.4, 0.5) is 5.69 Å². The number of anilines is 1. The number of allylic oxidation sites excluding steroid dienone is 3. The van der Waals surface area contributed by atoms with Crippen LogP contribution in [0, 0.1) is 0 Å². The van der Waals surface area contributed by atoms with Gasteiger partial charge in [0.25, 0.3) is 5.56 Å². The van der Waals surface area contributed by atoms with E-state index < -0.39 is 0 Å². The second-order valence-electron chi connectivity index (χ2n) is 8.32. The lowest BCUT2D eigenvalue weighted by molar-refractivity contribution is 0.190. The fourth-order valence-corrected chi connectivity index (χ4v) is 4.10. The summed E-state index contributed by atoms with van der Waals surface area (Å²) >= 11 is 0. The molecular formula is C25H35N5O. The first-order valence-corrected chi connectivity index (χ1v) is 11.2. The summed E-state index contributed by atoms with van der Waals surface area (Å²) < 4.78 is 1.64. The minimum absolute atomic E-state index is 0.0963. The summed E-state index contributed by atoms with van der Waals surface area (Å²) in [5, 5.41) is 0. The first-order valence-electron chi connectivity index (χ1n) is 11.2. The number of hydrogen-bond donors (Lipinski definition) is 0. The van der Waals surface area contributed by atoms with Gasteiger partial charge >= 0.3 is 0 Å². The second kappa shape index (κ2) is 10.1. The Kier molecular flexibility index (Phi) is 7.44. The Morgan fingerprint density at radius 1 is 1.32 bits per heavy atom. The Bertz CT molecular complexity index is 1070. The zero-order valence-electron chi connectivity index (χ0n) is 19.6. The van der Waals surface area contributed by atoms with Crippen LogP contribution in [0.5, 0.6) is 0 Å². The van der Waals surface area contributed by atoms with Crippen molar-refractivity contribution in [3.8, 4) is 0 Å². The molecule has 2 aromatic rings. The van der Waals surface area contributed by atoms with Crippen molar-refractivity contribution in [3.63, 3.8) is 0 Å². The molecule has 1 atom stereocenters. The molecular weight excluding hydrogens is 386 g/mol. The van der Waals surface area contributed by atoms with E-state index in [9.17, 15) is 4.79 Å². The maximum Gasteiger partial charge on any atom is 0.258 e. The molecule has 0 saturated carbocycles. The third-order valence-electron chi connectivity index (χ3n) is 6.13. The number of piperazine rings is 1. The SMILES string of the molecule is C=C(CC)/C(C)=C/C(=NC)c1cc(=O)n2cc(N3CCN(CCC)[C@H](C)C3)ccc2n1. The lowest BCUT2D eigenvalue weighted by Gasteiger charge is -2.40. The van der Waals surface area contributed by atoms with Crippen LogP contribution in [0.25, 0.3) is 5.65 Å². The van der Waals surface area contributed by atoms with Gasteiger partial charge in [-0.2, -0.15) is 0 Å². The van der Waals surface area contributed by atoms with Gasteiger partial charge in [-0.15, -0.1) is 0 Å². The van der Waals surface area contributed by atoms with Crippen LogP contribution in [-0.2, 0) is 0 Å². The van der Waals surface area contributed by atoms with Crippen LogP contribution in [0.1, 0.15) is 46.2 Å². The van der Waals surface area contributed by atoms with Gasteiger partial charge in [-0.05, 0) is 57.0 Å². The highest BCUT2D eigenvalue weighted by molar-refractivity contribution is 6.08. The van der Waals surface area contributed by atoms with E-state index in [-0.39, 0.29) is 5.56 Å². The van der Waals surface area contributed by atoms with Crippen molar-refractivity contribution < 1.29 is 0 Å². The van der Waals surface area contributed by atoms with E-state index >= 15 is 0 Å². The van der Waals surface area contributed by atoms with Crippen LogP contribution < -0.4 is 10.5 Å². The maximum absolute atomic E-state index is 12.9. The van der Waals surface area contributed by atoms with Crippen molar-refractivity contribution in [1.82, 2.24) is 14.3 Å². The van der Waals surface area contributed by atoms with Gasteiger partial charge in [-0.1, -0.05) is 26.0 Å². The number of aromatic nitrogens is 2. The monoisotopic (exact) mass is 421 g/mol. The molecule has 0 spiro atoms. The van der Waals surface area contributed by atoms with E-state index in [1.807, 2.05) is 25.3 Å². The normalized spacial score (nSPS) is 18.6. The zero-order valence-corrected chi connectivity index (χ0v) is 19.6. The molecule has 1 saturated heterocycles. The van der Waals surface area contributed by atoms with Crippen molar-refractivity contribution in [2.45, 2.75) is 46.6 Å². The standard InChI is InChI=1S/C25H35N5O/c1-7-11-28-12-13-29(16-20(28)5)21-9-10-24-27-23(15-25(31)30(24)17-21)22(26-6)14-19(4)18(3)8-2/h9-10,14-15,17,20H,3,7-8,11-13,16H2,1-2,4-6H3/b19-14+,26-22?/t20-/m1/s1. The Hall–Kier alpha value is -2.73. The highest BCUT2D eigenvalue weighted by Gasteiger charge is 2.23. The van der Waals surface area contributed by atoms with Gasteiger partial charge in [0, 0.05) is 45.0 Å². The van der Waals surface area contributed by atoms with E-state index in [1.54, 1.807) is 17.5 Å². The highest BCUT2D eigenvalue weighted by atomic mass is 16.1. The molecule has 1 aliphatic rings. The van der Waals surface area contributed by atoms with Gasteiger partial charge in [0.1, 0.15) is 5.65 Å². The minimum Gasteiger partial charge on any atom is -0.367 e. The third-order valence-corrected chi connectivity index (χ3v) is 6.13. The topological polar surface area (TPSA) is 53.2 Å². The molecule has 6 heteroatoms. The Balaban J connectivity index is 1.90. The molecule has 0 bridgehead atoms. The van der Waals surface area contributed by atoms with Gasteiger partial charge in [-0.25, -0.2) is 4.98 Å². The third kappa shape index (κ3) is 5.13. The summed E-state index contributed by atoms with van der Waals surface area (Å²) in [7, 11) is 1.72. The quantitative estimate of drug-likeness (QED) is 0.502. The highest BCUT2D eigenvalue weighted by Crippen LogP contribution is 2.20. The number of aliphatic imine (C=N–C) groups is 1. The second-order valence-corrected chi connectivity index (χ2v) is 8.32. The van der Waals surface area contributed by atoms with Gasteiger partial charge in [0.15, 0.2) is 0 Å². The van der Waals surface area contributed by atoms with Gasteiger partial charge in [0.05, 0.1) is 17.1 Å². The molecule has 166 valence electrons. The smallest absolute Gasteiger partial charge is 0.258 e. The first-order chi connectivity index (χ1) is 14.9. The summed E-state index contributed by atoms with van der Waals surface area (Å²) in [6.45, 7) is 16.8. The molecule has 0 unspecified atom stereocenters. The molecule has 0 N–H and O–H groups in total. The molecule has 31 heavy (non-hydrogen) atoms. The molecule has 0 aromatic carbocycles. The maximum atomic E-state index is 12.9. The lowest BCUT2D eigenvalue weighted by atomic mass is 10.0. The molecule has 1 aliphatic heterocycles. The average Bonchev–Trinajstić information content (AvgIpc) is 2.77. The van der Waals surface area contributed by atoms with Crippen LogP contribution in [0.3, 0.4) is 0 Å². The first kappa shape index (κ1) is 22.9. The van der Waals surface area contributed by atoms with E-state index in [4.69, 9.17) is 4.98 Å². The number of hydrogen-bond acceptors (Lipinski definition) is 5. The number of nitrogens with zero attached hydrogens (tertiary/aromatic N) is 5. The largest absolute Gasteiger partial charge is 0.367 e. The predicted octanol–water partition coefficient (Wildman–Crippen LogP) is 3.95. The van der Waals surface area contributed by atoms with Gasteiger partial charge in [-0.3, -0.25) is 19.1 Å². The van der Waals surface area contributed by atoms with Crippen LogP contribution in [0.2, 0.25) is 0 Å². The van der Waals surface area contributed by atoms with E-state index in [0.29, 0.717) is 23.1 Å². The van der Waals surface area contributed by atoms with Gasteiger partial charge < -0.3 is 4.90 Å². The fraction of sp³-hybridized carbons (Fsp3) is 0.480. The summed E-state index contributed by atoms with van der Waals surface area (Å²) in [5.74, 6) is 0. The van der Waals surface area contributed by atoms with Gasteiger partial charge in [0.2, 0.25) is 0 Å². The van der Waals surface area contributed by atoms with Crippen molar-refractivity contribution >= 4 is 17.0 Å². The Labute approximate surface area is 185 Å². The van der Waals surface area contributed by atoms with Crippen LogP contribution >= 0.6 is 0 Å². The van der Waals surface area contributed by atoms with Crippen molar-refractivity contribution in [2.75, 3.05) is 38.1 Å². The average molecular weight is 422 g/mol. The summed E-state index contributed by atoms with van der Waals surface area (Å²) in [4.78, 5) is 26.9. The molecule has 0 aliphatic carbocycles. The molecule has 1 fully saturated rings. The predicted molar refractivity (Wildman–Crippen MR) is 131 cm³/mol. The molecule has 3 rings (SSSR count). The zero-order chi connectivity index (χ0) is 22.5. The van der Waals surface area contributed by atoms with E-state index in [0.717, 1.165) is 49.4 Å². The molecule has 0 amide bonds. The van der Waals surface area contributed by atoms with E-state index in [1.165, 1.54) is 6.42 Å². The van der Waals surface area contributed by atoms with Crippen molar-refractivity contribution in [3.05, 3.63) is 64.2 Å². The van der Waals surface area contributed by atoms with Crippen molar-refractivity contribution in [2.24, 2.45) is 4.99 Å². The lowest BCUT2D eigenvalue weighted by Crippen LogP contribution is -2.52. The van der Waals surface area contributed by atoms with Crippen LogP contribution in [-0.4, -0.2) is 59.3 Å². The van der Waals surface area contributed by atoms with Crippen molar-refractivity contribution in [1.29, 1.82) is 0 Å². The number of rotatable bonds is 7. The minimum atomic E-state index is -0.0963. The molecule has 3 heterocycles. The summed E-state index contributed by atoms with van der Waals surface area (Å²) in [6, 6.07) is 6.06. The Morgan fingerprint density at radius 2 is 2.10 bits per heavy atom. The summed E-state index contributed by atoms with van der Waals surface area (Å²) in [6.07, 6.45) is 5.92. The molecule has 2 aromatic heterocycles. The van der Waals surface area contributed by atoms with E-state index in [2.05, 4.69) is 48.2 Å². The Morgan fingerprint density at radius 3 is 2.74 bits per heavy atom. The number of pyridine rings is 1. The molecule has 0 radical (unpaired) electrons. The fourth-order valence-electron chi connectivity index (χ4n) is 4.10. The molecule has 6 nitrogen and oxygen atoms in total. The van der Waals surface area contributed by atoms with Crippen LogP contribution in [0.15, 0.2) is 58.0 Å².